The zero-order chi connectivity index (χ0) is 12.1. The first-order chi connectivity index (χ1) is 8.83. The van der Waals surface area contributed by atoms with Gasteiger partial charge in [-0.15, -0.1) is 0 Å². The molecule has 0 radical (unpaired) electrons. The molecule has 18 heavy (non-hydrogen) atoms. The van der Waals surface area contributed by atoms with Crippen molar-refractivity contribution in [2.45, 2.75) is 43.7 Å². The van der Waals surface area contributed by atoms with Gasteiger partial charge >= 0.3 is 0 Å². The van der Waals surface area contributed by atoms with E-state index in [9.17, 15) is 0 Å². The second kappa shape index (κ2) is 4.03. The van der Waals surface area contributed by atoms with Crippen molar-refractivity contribution in [3.8, 4) is 0 Å². The summed E-state index contributed by atoms with van der Waals surface area (Å²) in [5, 5.41) is 0. The van der Waals surface area contributed by atoms with Crippen LogP contribution in [0, 0.1) is 0 Å². The Hall–Kier alpha value is -0.940. The van der Waals surface area contributed by atoms with Crippen molar-refractivity contribution in [3.63, 3.8) is 0 Å². The van der Waals surface area contributed by atoms with Gasteiger partial charge in [0.05, 0.1) is 12.7 Å². The van der Waals surface area contributed by atoms with Crippen molar-refractivity contribution >= 4 is 0 Å². The maximum absolute atomic E-state index is 6.01. The van der Waals surface area contributed by atoms with E-state index in [4.69, 9.17) is 18.9 Å². The van der Waals surface area contributed by atoms with Crippen LogP contribution in [0.3, 0.4) is 0 Å². The predicted molar refractivity (Wildman–Crippen MR) is 63.0 cm³/mol. The predicted octanol–water partition coefficient (Wildman–Crippen LogP) is 1.66. The van der Waals surface area contributed by atoms with Crippen LogP contribution in [-0.4, -0.2) is 37.1 Å². The van der Waals surface area contributed by atoms with E-state index in [0.717, 1.165) is 5.56 Å². The monoisotopic (exact) mass is 248 g/mol. The molecule has 3 fully saturated rings. The molecule has 0 saturated carbocycles. The minimum atomic E-state index is -0.297. The Kier molecular flexibility index (Phi) is 2.45. The summed E-state index contributed by atoms with van der Waals surface area (Å²) in [6.45, 7) is 2.62. The first kappa shape index (κ1) is 10.9. The molecule has 0 bridgehead atoms. The fourth-order valence-electron chi connectivity index (χ4n) is 2.87. The molecule has 1 aromatic carbocycles. The third-order valence-electron chi connectivity index (χ3n) is 3.87. The maximum atomic E-state index is 6.01. The first-order valence-electron chi connectivity index (χ1n) is 6.46. The number of epoxide rings is 1. The van der Waals surface area contributed by atoms with Crippen LogP contribution in [0.5, 0.6) is 0 Å². The average molecular weight is 248 g/mol. The molecule has 0 amide bonds. The fraction of sp³-hybridized carbons (Fsp3) is 0.571. The smallest absolute Gasteiger partial charge is 0.184 e. The quantitative estimate of drug-likeness (QED) is 0.709. The highest BCUT2D eigenvalue weighted by molar-refractivity contribution is 5.17. The lowest BCUT2D eigenvalue weighted by Crippen LogP contribution is -2.51. The van der Waals surface area contributed by atoms with Crippen molar-refractivity contribution in [2.24, 2.45) is 0 Å². The van der Waals surface area contributed by atoms with Gasteiger partial charge in [0.2, 0.25) is 0 Å². The lowest BCUT2D eigenvalue weighted by Gasteiger charge is -2.39. The van der Waals surface area contributed by atoms with Crippen LogP contribution in [0.15, 0.2) is 30.3 Å². The topological polar surface area (TPSA) is 40.2 Å². The molecule has 3 aliphatic heterocycles. The number of fused-ring (bicyclic) bond motifs is 3. The Morgan fingerprint density at radius 1 is 0.944 bits per heavy atom. The third-order valence-corrected chi connectivity index (χ3v) is 3.87. The van der Waals surface area contributed by atoms with Gasteiger partial charge in [0.15, 0.2) is 6.29 Å². The molecule has 4 heteroatoms. The molecule has 3 heterocycles. The van der Waals surface area contributed by atoms with Crippen LogP contribution < -0.4 is 0 Å². The van der Waals surface area contributed by atoms with Crippen LogP contribution in [0.2, 0.25) is 0 Å². The molecule has 6 atom stereocenters. The molecule has 1 aromatic rings. The number of benzene rings is 1. The van der Waals surface area contributed by atoms with E-state index in [1.165, 1.54) is 0 Å². The molecule has 4 nitrogen and oxygen atoms in total. The number of hydrogen-bond donors (Lipinski definition) is 0. The van der Waals surface area contributed by atoms with Crippen LogP contribution >= 0.6 is 0 Å². The lowest BCUT2D eigenvalue weighted by atomic mass is 10.0. The van der Waals surface area contributed by atoms with Crippen molar-refractivity contribution in [1.29, 1.82) is 0 Å². The molecule has 0 aromatic heterocycles. The van der Waals surface area contributed by atoms with E-state index >= 15 is 0 Å². The molecular formula is C14H16O4. The second-order valence-corrected chi connectivity index (χ2v) is 5.12. The Morgan fingerprint density at radius 3 is 2.61 bits per heavy atom. The Bertz CT molecular complexity index is 435. The summed E-state index contributed by atoms with van der Waals surface area (Å²) in [5.41, 5.74) is 1.05. The van der Waals surface area contributed by atoms with E-state index in [-0.39, 0.29) is 36.8 Å². The summed E-state index contributed by atoms with van der Waals surface area (Å²) in [7, 11) is 0. The van der Waals surface area contributed by atoms with Gasteiger partial charge in [-0.05, 0) is 6.92 Å². The fourth-order valence-corrected chi connectivity index (χ4v) is 2.87. The SMILES string of the molecule is C[C@H]1O[C@@H]2CO[C@@H](c3ccccc3)O[C@H]2[C@@H]2O[C@@H]21. The van der Waals surface area contributed by atoms with Gasteiger partial charge < -0.3 is 18.9 Å². The molecule has 4 rings (SSSR count). The summed E-state index contributed by atoms with van der Waals surface area (Å²) in [5.74, 6) is 0. The zero-order valence-corrected chi connectivity index (χ0v) is 10.2. The zero-order valence-electron chi connectivity index (χ0n) is 10.2. The molecule has 0 aliphatic carbocycles. The average Bonchev–Trinajstić information content (AvgIpc) is 3.21. The minimum absolute atomic E-state index is 0.00344. The number of ether oxygens (including phenoxy) is 4. The van der Waals surface area contributed by atoms with E-state index < -0.39 is 0 Å². The summed E-state index contributed by atoms with van der Waals surface area (Å²) >= 11 is 0. The first-order valence-corrected chi connectivity index (χ1v) is 6.46. The second-order valence-electron chi connectivity index (χ2n) is 5.12. The highest BCUT2D eigenvalue weighted by atomic mass is 16.7. The van der Waals surface area contributed by atoms with Crippen LogP contribution in [-0.2, 0) is 18.9 Å². The van der Waals surface area contributed by atoms with Gasteiger partial charge in [0, 0.05) is 5.56 Å². The Labute approximate surface area is 106 Å². The molecular weight excluding hydrogens is 232 g/mol. The number of rotatable bonds is 1. The van der Waals surface area contributed by atoms with E-state index in [1.807, 2.05) is 37.3 Å². The van der Waals surface area contributed by atoms with Crippen molar-refractivity contribution < 1.29 is 18.9 Å². The standard InChI is InChI=1S/C14H16O4/c1-8-11-13(17-11)12-10(16-8)7-15-14(18-12)9-5-3-2-4-6-9/h2-6,8,10-14H,7H2,1H3/t8-,10-,11-,12-,13-,14-/m1/s1. The minimum Gasteiger partial charge on any atom is -0.367 e. The van der Waals surface area contributed by atoms with E-state index in [0.29, 0.717) is 6.61 Å². The van der Waals surface area contributed by atoms with Crippen LogP contribution in [0.1, 0.15) is 18.8 Å². The molecule has 3 saturated heterocycles. The van der Waals surface area contributed by atoms with Crippen LogP contribution in [0.4, 0.5) is 0 Å². The lowest BCUT2D eigenvalue weighted by molar-refractivity contribution is -0.280. The van der Waals surface area contributed by atoms with Gasteiger partial charge in [-0.25, -0.2) is 0 Å². The summed E-state index contributed by atoms with van der Waals surface area (Å²) in [4.78, 5) is 0. The summed E-state index contributed by atoms with van der Waals surface area (Å²) in [6.07, 6.45) is 0.259. The van der Waals surface area contributed by atoms with Crippen molar-refractivity contribution in [2.75, 3.05) is 6.61 Å². The largest absolute Gasteiger partial charge is 0.367 e. The molecule has 96 valence electrons. The highest BCUT2D eigenvalue weighted by Gasteiger charge is 2.58. The molecule has 0 spiro atoms. The number of hydrogen-bond acceptors (Lipinski definition) is 4. The third kappa shape index (κ3) is 1.68. The molecule has 0 unspecified atom stereocenters. The normalized spacial score (nSPS) is 46.1. The van der Waals surface area contributed by atoms with Crippen molar-refractivity contribution in [3.05, 3.63) is 35.9 Å². The van der Waals surface area contributed by atoms with E-state index in [1.54, 1.807) is 0 Å². The summed E-state index contributed by atoms with van der Waals surface area (Å²) < 4.78 is 23.2. The highest BCUT2D eigenvalue weighted by Crippen LogP contribution is 2.43. The van der Waals surface area contributed by atoms with E-state index in [2.05, 4.69) is 0 Å². The molecule has 3 aliphatic rings. The maximum Gasteiger partial charge on any atom is 0.184 e. The van der Waals surface area contributed by atoms with Crippen molar-refractivity contribution in [1.82, 2.24) is 0 Å². The summed E-state index contributed by atoms with van der Waals surface area (Å²) in [6, 6.07) is 10.00. The van der Waals surface area contributed by atoms with Gasteiger partial charge in [0.1, 0.15) is 24.4 Å². The van der Waals surface area contributed by atoms with Gasteiger partial charge in [0.25, 0.3) is 0 Å². The van der Waals surface area contributed by atoms with Gasteiger partial charge in [-0.1, -0.05) is 30.3 Å². The Balaban J connectivity index is 1.52. The van der Waals surface area contributed by atoms with Gasteiger partial charge in [-0.2, -0.15) is 0 Å². The molecule has 0 N–H and O–H groups in total. The van der Waals surface area contributed by atoms with Crippen LogP contribution in [0.25, 0.3) is 0 Å². The Morgan fingerprint density at radius 2 is 1.78 bits per heavy atom. The van der Waals surface area contributed by atoms with Gasteiger partial charge in [-0.3, -0.25) is 0 Å².